The Morgan fingerprint density at radius 1 is 1.50 bits per heavy atom. The molecule has 2 heterocycles. The van der Waals surface area contributed by atoms with Crippen LogP contribution < -0.4 is 11.1 Å². The van der Waals surface area contributed by atoms with Gasteiger partial charge >= 0.3 is 5.97 Å². The number of carbonyl (C=O) groups excluding carboxylic acids is 1. The van der Waals surface area contributed by atoms with E-state index < -0.39 is 5.97 Å². The maximum atomic E-state index is 11.7. The van der Waals surface area contributed by atoms with E-state index in [1.807, 2.05) is 0 Å². The van der Waals surface area contributed by atoms with Gasteiger partial charge in [0.1, 0.15) is 11.4 Å². The summed E-state index contributed by atoms with van der Waals surface area (Å²) in [5.74, 6) is -0.0603. The van der Waals surface area contributed by atoms with E-state index in [9.17, 15) is 4.79 Å². The van der Waals surface area contributed by atoms with E-state index in [1.165, 1.54) is 24.6 Å². The fourth-order valence-corrected chi connectivity index (χ4v) is 3.24. The van der Waals surface area contributed by atoms with Crippen molar-refractivity contribution >= 4 is 33.9 Å². The van der Waals surface area contributed by atoms with Crippen molar-refractivity contribution in [3.63, 3.8) is 0 Å². The van der Waals surface area contributed by atoms with Gasteiger partial charge in [-0.2, -0.15) is 0 Å². The summed E-state index contributed by atoms with van der Waals surface area (Å²) in [5.41, 5.74) is 7.53. The normalized spacial score (nSPS) is 13.1. The third kappa shape index (κ3) is 2.32. The molecule has 20 heavy (non-hydrogen) atoms. The summed E-state index contributed by atoms with van der Waals surface area (Å²) in [6.07, 6.45) is 4.76. The first-order valence-corrected chi connectivity index (χ1v) is 7.08. The lowest BCUT2D eigenvalue weighted by molar-refractivity contribution is 0.0601. The van der Waals surface area contributed by atoms with Gasteiger partial charge in [-0.3, -0.25) is 0 Å². The van der Waals surface area contributed by atoms with Gasteiger partial charge in [0.05, 0.1) is 24.7 Å². The molecule has 0 fully saturated rings. The number of pyridine rings is 1. The van der Waals surface area contributed by atoms with Gasteiger partial charge in [-0.05, 0) is 25.3 Å². The van der Waals surface area contributed by atoms with E-state index in [-0.39, 0.29) is 0 Å². The summed E-state index contributed by atoms with van der Waals surface area (Å²) in [7, 11) is 1.33. The SMILES string of the molecule is COC(=O)c1cc(N)cnc1Nc1nc2c(s1)CCC2. The number of hydrogen-bond donors (Lipinski definition) is 2. The molecule has 7 heteroatoms. The van der Waals surface area contributed by atoms with E-state index in [0.29, 0.717) is 17.1 Å². The Bertz CT molecular complexity index is 647. The molecule has 2 aromatic heterocycles. The molecular formula is C13H14N4O2S. The lowest BCUT2D eigenvalue weighted by Crippen LogP contribution is -2.08. The van der Waals surface area contributed by atoms with Crippen molar-refractivity contribution in [1.82, 2.24) is 9.97 Å². The third-order valence-corrected chi connectivity index (χ3v) is 4.21. The summed E-state index contributed by atoms with van der Waals surface area (Å²) in [4.78, 5) is 21.7. The monoisotopic (exact) mass is 290 g/mol. The Balaban J connectivity index is 1.91. The van der Waals surface area contributed by atoms with E-state index in [2.05, 4.69) is 15.3 Å². The number of aromatic nitrogens is 2. The molecule has 6 nitrogen and oxygen atoms in total. The van der Waals surface area contributed by atoms with Crippen LogP contribution in [0.25, 0.3) is 0 Å². The molecule has 0 bridgehead atoms. The number of methoxy groups -OCH3 is 1. The second kappa shape index (κ2) is 5.09. The van der Waals surface area contributed by atoms with Crippen LogP contribution in [0, 0.1) is 0 Å². The molecule has 104 valence electrons. The molecule has 3 N–H and O–H groups in total. The largest absolute Gasteiger partial charge is 0.465 e. The van der Waals surface area contributed by atoms with Crippen molar-refractivity contribution in [2.75, 3.05) is 18.2 Å². The number of fused-ring (bicyclic) bond motifs is 1. The van der Waals surface area contributed by atoms with Crippen molar-refractivity contribution in [2.45, 2.75) is 19.3 Å². The Morgan fingerprint density at radius 2 is 2.35 bits per heavy atom. The molecular weight excluding hydrogens is 276 g/mol. The molecule has 2 aromatic rings. The zero-order valence-electron chi connectivity index (χ0n) is 11.0. The standard InChI is InChI=1S/C13H14N4O2S/c1-19-12(18)8-5-7(14)6-15-11(8)17-13-16-9-3-2-4-10(9)20-13/h5-6H,2-4,14H2,1H3,(H,15,16,17). The van der Waals surface area contributed by atoms with Crippen molar-refractivity contribution in [3.05, 3.63) is 28.4 Å². The smallest absolute Gasteiger partial charge is 0.341 e. The van der Waals surface area contributed by atoms with Crippen molar-refractivity contribution < 1.29 is 9.53 Å². The van der Waals surface area contributed by atoms with Crippen LogP contribution in [-0.4, -0.2) is 23.0 Å². The van der Waals surface area contributed by atoms with E-state index in [0.717, 1.165) is 23.7 Å². The summed E-state index contributed by atoms with van der Waals surface area (Å²) in [5, 5.41) is 3.83. The van der Waals surface area contributed by atoms with Crippen LogP contribution >= 0.6 is 11.3 Å². The molecule has 0 aliphatic heterocycles. The molecule has 0 atom stereocenters. The molecule has 0 unspecified atom stereocenters. The van der Waals surface area contributed by atoms with Crippen molar-refractivity contribution in [2.24, 2.45) is 0 Å². The molecule has 0 amide bonds. The van der Waals surface area contributed by atoms with Gasteiger partial charge in [-0.1, -0.05) is 0 Å². The Hall–Kier alpha value is -2.15. The minimum atomic E-state index is -0.476. The Morgan fingerprint density at radius 3 is 3.10 bits per heavy atom. The van der Waals surface area contributed by atoms with E-state index in [1.54, 1.807) is 17.4 Å². The number of ether oxygens (including phenoxy) is 1. The van der Waals surface area contributed by atoms with Crippen LogP contribution in [0.15, 0.2) is 12.3 Å². The van der Waals surface area contributed by atoms with Gasteiger partial charge in [-0.25, -0.2) is 14.8 Å². The zero-order valence-corrected chi connectivity index (χ0v) is 11.8. The first kappa shape index (κ1) is 12.9. The summed E-state index contributed by atoms with van der Waals surface area (Å²) in [6.45, 7) is 0. The maximum absolute atomic E-state index is 11.7. The van der Waals surface area contributed by atoms with Gasteiger partial charge in [-0.15, -0.1) is 11.3 Å². The number of nitrogens with zero attached hydrogens (tertiary/aromatic N) is 2. The molecule has 0 aromatic carbocycles. The lowest BCUT2D eigenvalue weighted by Gasteiger charge is -2.08. The Labute approximate surface area is 120 Å². The number of nitrogen functional groups attached to an aromatic ring is 1. The number of esters is 1. The summed E-state index contributed by atoms with van der Waals surface area (Å²) >= 11 is 1.60. The minimum Gasteiger partial charge on any atom is -0.465 e. The highest BCUT2D eigenvalue weighted by molar-refractivity contribution is 7.15. The van der Waals surface area contributed by atoms with Crippen LogP contribution in [0.5, 0.6) is 0 Å². The maximum Gasteiger partial charge on any atom is 0.341 e. The highest BCUT2D eigenvalue weighted by Gasteiger charge is 2.19. The zero-order chi connectivity index (χ0) is 14.1. The minimum absolute atomic E-state index is 0.308. The van der Waals surface area contributed by atoms with E-state index in [4.69, 9.17) is 10.5 Å². The van der Waals surface area contributed by atoms with Crippen molar-refractivity contribution in [3.8, 4) is 0 Å². The number of nitrogens with two attached hydrogens (primary N) is 1. The number of aryl methyl sites for hydroxylation is 2. The summed E-state index contributed by atoms with van der Waals surface area (Å²) in [6, 6.07) is 1.54. The fraction of sp³-hybridized carbons (Fsp3) is 0.308. The molecule has 1 aliphatic carbocycles. The number of rotatable bonds is 3. The number of thiazole rings is 1. The van der Waals surface area contributed by atoms with Crippen LogP contribution in [0.4, 0.5) is 16.6 Å². The predicted molar refractivity (Wildman–Crippen MR) is 77.4 cm³/mol. The van der Waals surface area contributed by atoms with Crippen LogP contribution in [0.1, 0.15) is 27.3 Å². The quantitative estimate of drug-likeness (QED) is 0.842. The molecule has 1 aliphatic rings. The van der Waals surface area contributed by atoms with E-state index >= 15 is 0 Å². The van der Waals surface area contributed by atoms with Gasteiger partial charge < -0.3 is 15.8 Å². The second-order valence-electron chi connectivity index (χ2n) is 4.52. The average molecular weight is 290 g/mol. The molecule has 0 spiro atoms. The molecule has 3 rings (SSSR count). The molecule has 0 radical (unpaired) electrons. The summed E-state index contributed by atoms with van der Waals surface area (Å²) < 4.78 is 4.74. The number of anilines is 3. The molecule has 0 saturated carbocycles. The first-order chi connectivity index (χ1) is 9.67. The van der Waals surface area contributed by atoms with Crippen LogP contribution in [-0.2, 0) is 17.6 Å². The second-order valence-corrected chi connectivity index (χ2v) is 5.61. The lowest BCUT2D eigenvalue weighted by atomic mass is 10.2. The highest BCUT2D eigenvalue weighted by atomic mass is 32.1. The van der Waals surface area contributed by atoms with Gasteiger partial charge in [0.2, 0.25) is 0 Å². The third-order valence-electron chi connectivity index (χ3n) is 3.14. The number of nitrogens with one attached hydrogen (secondary N) is 1. The van der Waals surface area contributed by atoms with Gasteiger partial charge in [0.25, 0.3) is 0 Å². The molecule has 0 saturated heterocycles. The Kier molecular flexibility index (Phi) is 3.27. The predicted octanol–water partition coefficient (Wildman–Crippen LogP) is 2.14. The van der Waals surface area contributed by atoms with Crippen LogP contribution in [0.2, 0.25) is 0 Å². The average Bonchev–Trinajstić information content (AvgIpc) is 3.00. The highest BCUT2D eigenvalue weighted by Crippen LogP contribution is 2.32. The fourth-order valence-electron chi connectivity index (χ4n) is 2.19. The van der Waals surface area contributed by atoms with Crippen molar-refractivity contribution in [1.29, 1.82) is 0 Å². The van der Waals surface area contributed by atoms with Gasteiger partial charge in [0, 0.05) is 4.88 Å². The van der Waals surface area contributed by atoms with Gasteiger partial charge in [0.15, 0.2) is 5.13 Å². The number of hydrogen-bond acceptors (Lipinski definition) is 7. The van der Waals surface area contributed by atoms with Crippen LogP contribution in [0.3, 0.4) is 0 Å². The first-order valence-electron chi connectivity index (χ1n) is 6.27. The number of carbonyl (C=O) groups is 1. The topological polar surface area (TPSA) is 90.1 Å².